The normalized spacial score (nSPS) is 29.3. The van der Waals surface area contributed by atoms with E-state index in [-0.39, 0.29) is 16.7 Å². The Morgan fingerprint density at radius 1 is 1.86 bits per heavy atom. The maximum atomic E-state index is 10.4. The van der Waals surface area contributed by atoms with Crippen LogP contribution in [0.1, 0.15) is 0 Å². The number of ketones is 1. The second kappa shape index (κ2) is 1.70. The first kappa shape index (κ1) is 4.91. The van der Waals surface area contributed by atoms with E-state index in [0.29, 0.717) is 0 Å². The van der Waals surface area contributed by atoms with Crippen LogP contribution >= 0.6 is 0 Å². The van der Waals surface area contributed by atoms with E-state index in [2.05, 4.69) is 6.26 Å². The van der Waals surface area contributed by atoms with E-state index in [1.54, 1.807) is 6.08 Å². The Balaban J connectivity index is 2.58. The molecule has 7 heavy (non-hydrogen) atoms. The maximum Gasteiger partial charge on any atom is 0.209 e. The standard InChI is InChI=1S/C5H7OS/c1-7-3-2-5(6)4-7/h2-3H,4H2,1H3/q+1. The molecule has 1 atom stereocenters. The first-order chi connectivity index (χ1) is 3.29. The van der Waals surface area contributed by atoms with Gasteiger partial charge in [-0.3, -0.25) is 4.79 Å². The van der Waals surface area contributed by atoms with Gasteiger partial charge in [0, 0.05) is 17.0 Å². The van der Waals surface area contributed by atoms with Crippen LogP contribution in [0.2, 0.25) is 0 Å². The smallest absolute Gasteiger partial charge is 0.209 e. The van der Waals surface area contributed by atoms with E-state index < -0.39 is 0 Å². The van der Waals surface area contributed by atoms with Crippen molar-refractivity contribution < 1.29 is 4.79 Å². The number of rotatable bonds is 0. The largest absolute Gasteiger partial charge is 0.289 e. The van der Waals surface area contributed by atoms with Gasteiger partial charge in [-0.05, 0) is 0 Å². The summed E-state index contributed by atoms with van der Waals surface area (Å²) < 4.78 is 0. The molecule has 1 unspecified atom stereocenters. The molecule has 0 N–H and O–H groups in total. The van der Waals surface area contributed by atoms with Gasteiger partial charge in [0.25, 0.3) is 0 Å². The third-order valence-corrected chi connectivity index (χ3v) is 2.20. The molecule has 0 aliphatic carbocycles. The van der Waals surface area contributed by atoms with E-state index in [4.69, 9.17) is 0 Å². The Kier molecular flexibility index (Phi) is 1.19. The van der Waals surface area contributed by atoms with Crippen LogP contribution in [0.25, 0.3) is 0 Å². The molecule has 1 aliphatic rings. The quantitative estimate of drug-likeness (QED) is 0.416. The first-order valence-electron chi connectivity index (χ1n) is 2.11. The molecule has 0 aromatic heterocycles. The fourth-order valence-corrected chi connectivity index (χ4v) is 1.54. The average Bonchev–Trinajstić information content (AvgIpc) is 1.87. The van der Waals surface area contributed by atoms with Crippen LogP contribution in [0, 0.1) is 0 Å². The van der Waals surface area contributed by atoms with Gasteiger partial charge in [0.05, 0.1) is 0 Å². The molecule has 0 radical (unpaired) electrons. The summed E-state index contributed by atoms with van der Waals surface area (Å²) in [5, 5.41) is 1.97. The van der Waals surface area contributed by atoms with Crippen LogP contribution in [0.5, 0.6) is 0 Å². The van der Waals surface area contributed by atoms with E-state index in [0.717, 1.165) is 5.75 Å². The van der Waals surface area contributed by atoms with Crippen LogP contribution in [-0.4, -0.2) is 17.8 Å². The van der Waals surface area contributed by atoms with Crippen molar-refractivity contribution in [3.05, 3.63) is 11.5 Å². The van der Waals surface area contributed by atoms with Crippen molar-refractivity contribution in [3.8, 4) is 0 Å². The molecule has 2 heteroatoms. The van der Waals surface area contributed by atoms with Crippen molar-refractivity contribution in [2.45, 2.75) is 0 Å². The molecule has 38 valence electrons. The molecular weight excluding hydrogens is 108 g/mol. The molecule has 0 bridgehead atoms. The van der Waals surface area contributed by atoms with E-state index in [9.17, 15) is 4.79 Å². The lowest BCUT2D eigenvalue weighted by Crippen LogP contribution is -2.01. The molecule has 0 saturated heterocycles. The zero-order valence-electron chi connectivity index (χ0n) is 4.18. The minimum Gasteiger partial charge on any atom is -0.289 e. The zero-order valence-corrected chi connectivity index (χ0v) is 4.99. The number of allylic oxidation sites excluding steroid dienone is 1. The number of hydrogen-bond donors (Lipinski definition) is 0. The van der Waals surface area contributed by atoms with Gasteiger partial charge in [-0.25, -0.2) is 0 Å². The molecular formula is C5H7OS+. The van der Waals surface area contributed by atoms with Gasteiger partial charge in [0.2, 0.25) is 5.78 Å². The van der Waals surface area contributed by atoms with Crippen LogP contribution in [-0.2, 0) is 15.7 Å². The second-order valence-corrected chi connectivity index (χ2v) is 3.55. The molecule has 1 heterocycles. The van der Waals surface area contributed by atoms with Crippen LogP contribution in [0.4, 0.5) is 0 Å². The number of carbonyl (C=O) groups excluding carboxylic acids is 1. The van der Waals surface area contributed by atoms with Gasteiger partial charge in [0.1, 0.15) is 11.7 Å². The molecule has 0 fully saturated rings. The molecule has 0 saturated carbocycles. The van der Waals surface area contributed by atoms with Crippen molar-refractivity contribution in [3.63, 3.8) is 0 Å². The van der Waals surface area contributed by atoms with Crippen molar-refractivity contribution in [1.82, 2.24) is 0 Å². The summed E-state index contributed by atoms with van der Waals surface area (Å²) in [6, 6.07) is 0. The second-order valence-electron chi connectivity index (χ2n) is 1.60. The highest BCUT2D eigenvalue weighted by molar-refractivity contribution is 8.00. The Morgan fingerprint density at radius 2 is 2.57 bits per heavy atom. The van der Waals surface area contributed by atoms with Crippen molar-refractivity contribution in [2.75, 3.05) is 12.0 Å². The summed E-state index contributed by atoms with van der Waals surface area (Å²) in [5.41, 5.74) is 0. The minimum absolute atomic E-state index is 0.267. The summed E-state index contributed by atoms with van der Waals surface area (Å²) >= 11 is 0. The highest BCUT2D eigenvalue weighted by Crippen LogP contribution is 2.02. The van der Waals surface area contributed by atoms with E-state index >= 15 is 0 Å². The van der Waals surface area contributed by atoms with Gasteiger partial charge < -0.3 is 0 Å². The average molecular weight is 115 g/mol. The predicted octanol–water partition coefficient (Wildman–Crippen LogP) is 0.331. The van der Waals surface area contributed by atoms with Crippen molar-refractivity contribution in [2.24, 2.45) is 0 Å². The summed E-state index contributed by atoms with van der Waals surface area (Å²) in [6.45, 7) is 0. The predicted molar refractivity (Wildman–Crippen MR) is 32.3 cm³/mol. The number of carbonyl (C=O) groups is 1. The van der Waals surface area contributed by atoms with Gasteiger partial charge in [-0.15, -0.1) is 0 Å². The van der Waals surface area contributed by atoms with Crippen LogP contribution in [0.15, 0.2) is 11.5 Å². The molecule has 1 nitrogen and oxygen atoms in total. The lowest BCUT2D eigenvalue weighted by atomic mass is 10.5. The summed E-state index contributed by atoms with van der Waals surface area (Å²) in [7, 11) is 0.267. The Morgan fingerprint density at radius 3 is 2.71 bits per heavy atom. The van der Waals surface area contributed by atoms with E-state index in [1.807, 2.05) is 5.41 Å². The van der Waals surface area contributed by atoms with Crippen molar-refractivity contribution >= 4 is 16.7 Å². The van der Waals surface area contributed by atoms with Gasteiger partial charge >= 0.3 is 0 Å². The molecule has 0 amide bonds. The first-order valence-corrected chi connectivity index (χ1v) is 3.98. The Bertz CT molecular complexity index is 117. The Labute approximate surface area is 45.8 Å². The highest BCUT2D eigenvalue weighted by Gasteiger charge is 2.18. The zero-order chi connectivity index (χ0) is 5.28. The lowest BCUT2D eigenvalue weighted by Gasteiger charge is -1.78. The SMILES string of the molecule is C[S+]1C=CC(=O)C1. The molecule has 0 spiro atoms. The third-order valence-electron chi connectivity index (χ3n) is 0.856. The van der Waals surface area contributed by atoms with Crippen molar-refractivity contribution in [1.29, 1.82) is 0 Å². The number of hydrogen-bond acceptors (Lipinski definition) is 1. The topological polar surface area (TPSA) is 17.1 Å². The molecule has 1 rings (SSSR count). The van der Waals surface area contributed by atoms with Gasteiger partial charge in [-0.1, -0.05) is 0 Å². The summed E-state index contributed by atoms with van der Waals surface area (Å²) in [5.74, 6) is 1.03. The maximum absolute atomic E-state index is 10.4. The minimum atomic E-state index is 0.267. The Hall–Kier alpha value is -0.240. The molecule has 0 aromatic carbocycles. The van der Waals surface area contributed by atoms with Crippen LogP contribution < -0.4 is 0 Å². The summed E-state index contributed by atoms with van der Waals surface area (Å²) in [4.78, 5) is 10.4. The summed E-state index contributed by atoms with van der Waals surface area (Å²) in [6.07, 6.45) is 3.74. The monoisotopic (exact) mass is 115 g/mol. The third kappa shape index (κ3) is 1.06. The molecule has 1 aliphatic heterocycles. The van der Waals surface area contributed by atoms with Gasteiger partial charge in [-0.2, -0.15) is 0 Å². The fourth-order valence-electron chi connectivity index (χ4n) is 0.513. The molecule has 0 aromatic rings. The van der Waals surface area contributed by atoms with Crippen LogP contribution in [0.3, 0.4) is 0 Å². The highest BCUT2D eigenvalue weighted by atomic mass is 32.2. The fraction of sp³-hybridized carbons (Fsp3) is 0.400. The van der Waals surface area contributed by atoms with Gasteiger partial charge in [0.15, 0.2) is 5.75 Å². The lowest BCUT2D eigenvalue weighted by molar-refractivity contribution is -0.112. The van der Waals surface area contributed by atoms with E-state index in [1.165, 1.54) is 0 Å².